The third kappa shape index (κ3) is 1.96. The van der Waals surface area contributed by atoms with Crippen LogP contribution in [0.4, 0.5) is 0 Å². The molecule has 17 heavy (non-hydrogen) atoms. The van der Waals surface area contributed by atoms with Crippen molar-refractivity contribution in [1.29, 1.82) is 0 Å². The van der Waals surface area contributed by atoms with Gasteiger partial charge in [0, 0.05) is 18.6 Å². The summed E-state index contributed by atoms with van der Waals surface area (Å²) < 4.78 is 2.15. The first-order valence-electron chi connectivity index (χ1n) is 6.19. The number of rotatable bonds is 2. The van der Waals surface area contributed by atoms with Crippen LogP contribution >= 0.6 is 11.6 Å². The number of para-hydroxylation sites is 1. The van der Waals surface area contributed by atoms with Gasteiger partial charge in [0.15, 0.2) is 0 Å². The van der Waals surface area contributed by atoms with E-state index >= 15 is 0 Å². The van der Waals surface area contributed by atoms with Gasteiger partial charge in [0.25, 0.3) is 0 Å². The molecule has 0 radical (unpaired) electrons. The average molecular weight is 249 g/mol. The SMILES string of the molecule is Cn1cc(CC2CCNC2)c2cccc(Cl)c21. The van der Waals surface area contributed by atoms with Gasteiger partial charge in [-0.25, -0.2) is 0 Å². The van der Waals surface area contributed by atoms with Crippen LogP contribution in [-0.2, 0) is 13.5 Å². The summed E-state index contributed by atoms with van der Waals surface area (Å²) in [7, 11) is 2.07. The van der Waals surface area contributed by atoms with Crippen molar-refractivity contribution in [3.63, 3.8) is 0 Å². The predicted octanol–water partition coefficient (Wildman–Crippen LogP) is 2.98. The molecule has 1 aromatic heterocycles. The van der Waals surface area contributed by atoms with E-state index in [1.807, 2.05) is 12.1 Å². The lowest BCUT2D eigenvalue weighted by Crippen LogP contribution is -2.10. The van der Waals surface area contributed by atoms with Crippen LogP contribution in [0.3, 0.4) is 0 Å². The van der Waals surface area contributed by atoms with Crippen LogP contribution in [0.5, 0.6) is 0 Å². The zero-order chi connectivity index (χ0) is 11.8. The van der Waals surface area contributed by atoms with E-state index in [1.165, 1.54) is 17.4 Å². The molecule has 2 nitrogen and oxygen atoms in total. The van der Waals surface area contributed by atoms with Gasteiger partial charge in [0.1, 0.15) is 0 Å². The van der Waals surface area contributed by atoms with E-state index < -0.39 is 0 Å². The highest BCUT2D eigenvalue weighted by molar-refractivity contribution is 6.35. The third-order valence-corrected chi connectivity index (χ3v) is 4.01. The van der Waals surface area contributed by atoms with Crippen LogP contribution in [0, 0.1) is 5.92 Å². The normalized spacial score (nSPS) is 20.2. The zero-order valence-electron chi connectivity index (χ0n) is 10.0. The standard InChI is InChI=1S/C14H17ClN2/c1-17-9-11(7-10-5-6-16-8-10)12-3-2-4-13(15)14(12)17/h2-4,9-10,16H,5-8H2,1H3. The molecular formula is C14H17ClN2. The number of fused-ring (bicyclic) bond motifs is 1. The van der Waals surface area contributed by atoms with Crippen molar-refractivity contribution < 1.29 is 0 Å². The van der Waals surface area contributed by atoms with Gasteiger partial charge in [-0.3, -0.25) is 0 Å². The highest BCUT2D eigenvalue weighted by Crippen LogP contribution is 2.29. The molecule has 1 fully saturated rings. The van der Waals surface area contributed by atoms with Gasteiger partial charge in [0.2, 0.25) is 0 Å². The topological polar surface area (TPSA) is 17.0 Å². The highest BCUT2D eigenvalue weighted by atomic mass is 35.5. The first kappa shape index (κ1) is 11.1. The van der Waals surface area contributed by atoms with Gasteiger partial charge in [0.05, 0.1) is 10.5 Å². The summed E-state index contributed by atoms with van der Waals surface area (Å²) in [5, 5.41) is 5.59. The molecule has 2 aromatic rings. The number of nitrogens with zero attached hydrogens (tertiary/aromatic N) is 1. The van der Waals surface area contributed by atoms with E-state index in [4.69, 9.17) is 11.6 Å². The van der Waals surface area contributed by atoms with Crippen molar-refractivity contribution in [1.82, 2.24) is 9.88 Å². The van der Waals surface area contributed by atoms with Gasteiger partial charge in [-0.1, -0.05) is 23.7 Å². The van der Waals surface area contributed by atoms with Gasteiger partial charge in [-0.15, -0.1) is 0 Å². The molecule has 2 heterocycles. The lowest BCUT2D eigenvalue weighted by molar-refractivity contribution is 0.581. The Bertz CT molecular complexity index is 538. The van der Waals surface area contributed by atoms with Crippen molar-refractivity contribution in [3.05, 3.63) is 35.0 Å². The second-order valence-corrected chi connectivity index (χ2v) is 5.37. The Kier molecular flexibility index (Phi) is 2.85. The van der Waals surface area contributed by atoms with E-state index in [-0.39, 0.29) is 0 Å². The molecule has 0 aliphatic carbocycles. The first-order chi connectivity index (χ1) is 8.25. The maximum atomic E-state index is 6.26. The Balaban J connectivity index is 2.01. The molecule has 0 amide bonds. The molecule has 1 atom stereocenters. The van der Waals surface area contributed by atoms with Gasteiger partial charge >= 0.3 is 0 Å². The van der Waals surface area contributed by atoms with E-state index in [0.717, 1.165) is 36.0 Å². The molecule has 1 aliphatic rings. The van der Waals surface area contributed by atoms with E-state index in [1.54, 1.807) is 0 Å². The summed E-state index contributed by atoms with van der Waals surface area (Å²) in [6, 6.07) is 6.19. The second-order valence-electron chi connectivity index (χ2n) is 4.96. The number of hydrogen-bond donors (Lipinski definition) is 1. The molecule has 0 spiro atoms. The molecule has 1 aromatic carbocycles. The second kappa shape index (κ2) is 4.35. The van der Waals surface area contributed by atoms with Crippen LogP contribution < -0.4 is 5.32 Å². The lowest BCUT2D eigenvalue weighted by Gasteiger charge is -2.06. The molecule has 3 heteroatoms. The molecule has 1 saturated heterocycles. The average Bonchev–Trinajstić information content (AvgIpc) is 2.90. The Labute approximate surface area is 107 Å². The molecule has 0 saturated carbocycles. The number of aromatic nitrogens is 1. The smallest absolute Gasteiger partial charge is 0.0669 e. The van der Waals surface area contributed by atoms with Crippen LogP contribution in [0.1, 0.15) is 12.0 Å². The van der Waals surface area contributed by atoms with Crippen LogP contribution in [0.25, 0.3) is 10.9 Å². The zero-order valence-corrected chi connectivity index (χ0v) is 10.8. The fraction of sp³-hybridized carbons (Fsp3) is 0.429. The Morgan fingerprint density at radius 2 is 2.35 bits per heavy atom. The minimum absolute atomic E-state index is 0.777. The quantitative estimate of drug-likeness (QED) is 0.865. The predicted molar refractivity (Wildman–Crippen MR) is 72.6 cm³/mol. The largest absolute Gasteiger partial charge is 0.349 e. The fourth-order valence-electron chi connectivity index (χ4n) is 2.86. The minimum atomic E-state index is 0.777. The Morgan fingerprint density at radius 3 is 3.12 bits per heavy atom. The van der Waals surface area contributed by atoms with Crippen LogP contribution in [0.2, 0.25) is 5.02 Å². The Hall–Kier alpha value is -0.990. The Morgan fingerprint density at radius 1 is 1.47 bits per heavy atom. The van der Waals surface area contributed by atoms with E-state index in [0.29, 0.717) is 0 Å². The van der Waals surface area contributed by atoms with E-state index in [2.05, 4.69) is 29.2 Å². The van der Waals surface area contributed by atoms with Crippen molar-refractivity contribution in [2.45, 2.75) is 12.8 Å². The summed E-state index contributed by atoms with van der Waals surface area (Å²) in [5.41, 5.74) is 2.59. The fourth-order valence-corrected chi connectivity index (χ4v) is 3.17. The molecule has 0 bridgehead atoms. The number of nitrogens with one attached hydrogen (secondary N) is 1. The molecular weight excluding hydrogens is 232 g/mol. The van der Waals surface area contributed by atoms with E-state index in [9.17, 15) is 0 Å². The van der Waals surface area contributed by atoms with Crippen molar-refractivity contribution >= 4 is 22.5 Å². The number of hydrogen-bond acceptors (Lipinski definition) is 1. The van der Waals surface area contributed by atoms with Crippen LogP contribution in [0.15, 0.2) is 24.4 Å². The molecule has 3 rings (SSSR count). The molecule has 1 unspecified atom stereocenters. The first-order valence-corrected chi connectivity index (χ1v) is 6.56. The van der Waals surface area contributed by atoms with Crippen molar-refractivity contribution in [3.8, 4) is 0 Å². The lowest BCUT2D eigenvalue weighted by atomic mass is 9.98. The van der Waals surface area contributed by atoms with Gasteiger partial charge in [-0.05, 0) is 43.5 Å². The highest BCUT2D eigenvalue weighted by Gasteiger charge is 2.17. The summed E-state index contributed by atoms with van der Waals surface area (Å²) in [4.78, 5) is 0. The maximum Gasteiger partial charge on any atom is 0.0669 e. The van der Waals surface area contributed by atoms with Crippen molar-refractivity contribution in [2.24, 2.45) is 13.0 Å². The van der Waals surface area contributed by atoms with Gasteiger partial charge < -0.3 is 9.88 Å². The molecule has 1 N–H and O–H groups in total. The third-order valence-electron chi connectivity index (χ3n) is 3.71. The maximum absolute atomic E-state index is 6.26. The minimum Gasteiger partial charge on any atom is -0.349 e. The summed E-state index contributed by atoms with van der Waals surface area (Å²) >= 11 is 6.26. The van der Waals surface area contributed by atoms with Crippen LogP contribution in [-0.4, -0.2) is 17.7 Å². The molecule has 90 valence electrons. The summed E-state index contributed by atoms with van der Waals surface area (Å²) in [5.74, 6) is 0.777. The molecule has 1 aliphatic heterocycles. The monoisotopic (exact) mass is 248 g/mol. The number of halogens is 1. The van der Waals surface area contributed by atoms with Crippen molar-refractivity contribution in [2.75, 3.05) is 13.1 Å². The summed E-state index contributed by atoms with van der Waals surface area (Å²) in [6.07, 6.45) is 4.68. The number of aryl methyl sites for hydroxylation is 1. The number of benzene rings is 1. The van der Waals surface area contributed by atoms with Gasteiger partial charge in [-0.2, -0.15) is 0 Å². The summed E-state index contributed by atoms with van der Waals surface area (Å²) in [6.45, 7) is 2.31.